The zero-order valence-corrected chi connectivity index (χ0v) is 12.7. The van der Waals surface area contributed by atoms with E-state index in [-0.39, 0.29) is 106 Å². The Morgan fingerprint density at radius 2 is 1.64 bits per heavy atom. The first-order valence-electron chi connectivity index (χ1n) is 2.16. The van der Waals surface area contributed by atoms with Crippen LogP contribution in [-0.4, -0.2) is 33.4 Å². The minimum atomic E-state index is -1.79. The summed E-state index contributed by atoms with van der Waals surface area (Å²) in [6.07, 6.45) is -2.54. The molecule has 0 bridgehead atoms. The Morgan fingerprint density at radius 3 is 1.73 bits per heavy atom. The van der Waals surface area contributed by atoms with E-state index in [0.29, 0.717) is 0 Å². The summed E-state index contributed by atoms with van der Waals surface area (Å²) in [4.78, 5) is 19.4. The molecule has 0 saturated carbocycles. The SMILES string of the molecule is O=C(O)CC(O)C(=O)O.[H-].[H-].[K+].[K+]. The predicted octanol–water partition coefficient (Wildman–Crippen LogP) is -6.86. The van der Waals surface area contributed by atoms with Crippen LogP contribution in [0, 0.1) is 0 Å². The molecule has 11 heavy (non-hydrogen) atoms. The smallest absolute Gasteiger partial charge is 1.00 e. The van der Waals surface area contributed by atoms with Crippen LogP contribution in [-0.2, 0) is 9.59 Å². The molecule has 0 aromatic rings. The number of aliphatic hydroxyl groups is 1. The van der Waals surface area contributed by atoms with Gasteiger partial charge in [0.1, 0.15) is 0 Å². The summed E-state index contributed by atoms with van der Waals surface area (Å²) >= 11 is 0. The van der Waals surface area contributed by atoms with Crippen molar-refractivity contribution in [2.75, 3.05) is 0 Å². The summed E-state index contributed by atoms with van der Waals surface area (Å²) in [6, 6.07) is 0. The van der Waals surface area contributed by atoms with Crippen LogP contribution in [0.4, 0.5) is 0 Å². The Balaban J connectivity index is -0.0000000533. The molecule has 0 saturated heterocycles. The van der Waals surface area contributed by atoms with Crippen molar-refractivity contribution in [1.82, 2.24) is 0 Å². The molecule has 0 rings (SSSR count). The fourth-order valence-electron chi connectivity index (χ4n) is 0.253. The average Bonchev–Trinajstić information content (AvgIpc) is 1.63. The summed E-state index contributed by atoms with van der Waals surface area (Å²) in [5.74, 6) is -2.85. The second-order valence-corrected chi connectivity index (χ2v) is 1.45. The van der Waals surface area contributed by atoms with Crippen LogP contribution < -0.4 is 103 Å². The van der Waals surface area contributed by atoms with Gasteiger partial charge in [0.15, 0.2) is 6.10 Å². The van der Waals surface area contributed by atoms with E-state index in [0.717, 1.165) is 0 Å². The maximum atomic E-state index is 9.72. The Bertz CT molecular complexity index is 144. The number of aliphatic carboxylic acids is 2. The van der Waals surface area contributed by atoms with Crippen molar-refractivity contribution in [2.24, 2.45) is 0 Å². The fraction of sp³-hybridized carbons (Fsp3) is 0.500. The topological polar surface area (TPSA) is 94.8 Å². The summed E-state index contributed by atoms with van der Waals surface area (Å²) in [7, 11) is 0. The average molecular weight is 214 g/mol. The third-order valence-electron chi connectivity index (χ3n) is 0.653. The van der Waals surface area contributed by atoms with Gasteiger partial charge in [-0.15, -0.1) is 0 Å². The van der Waals surface area contributed by atoms with Gasteiger partial charge in [-0.2, -0.15) is 0 Å². The molecule has 0 aliphatic heterocycles. The van der Waals surface area contributed by atoms with Gasteiger partial charge in [0, 0.05) is 0 Å². The minimum absolute atomic E-state index is 0. The van der Waals surface area contributed by atoms with Gasteiger partial charge in [0.2, 0.25) is 0 Å². The van der Waals surface area contributed by atoms with Crippen molar-refractivity contribution in [1.29, 1.82) is 0 Å². The molecule has 0 aromatic carbocycles. The summed E-state index contributed by atoms with van der Waals surface area (Å²) in [5.41, 5.74) is 0. The van der Waals surface area contributed by atoms with E-state index in [9.17, 15) is 9.59 Å². The molecule has 56 valence electrons. The van der Waals surface area contributed by atoms with Crippen molar-refractivity contribution in [3.05, 3.63) is 0 Å². The molecule has 1 atom stereocenters. The van der Waals surface area contributed by atoms with Crippen LogP contribution in [0.2, 0.25) is 0 Å². The first kappa shape index (κ1) is 18.9. The van der Waals surface area contributed by atoms with Crippen LogP contribution in [0.1, 0.15) is 9.27 Å². The van der Waals surface area contributed by atoms with E-state index >= 15 is 0 Å². The van der Waals surface area contributed by atoms with Crippen molar-refractivity contribution in [3.8, 4) is 0 Å². The van der Waals surface area contributed by atoms with Gasteiger partial charge in [0.05, 0.1) is 6.42 Å². The van der Waals surface area contributed by atoms with Crippen molar-refractivity contribution < 1.29 is 131 Å². The molecule has 3 N–H and O–H groups in total. The number of hydrogen-bond donors (Lipinski definition) is 3. The molecular weight excluding hydrogens is 206 g/mol. The summed E-state index contributed by atoms with van der Waals surface area (Å²) in [6.45, 7) is 0. The molecule has 0 radical (unpaired) electrons. The van der Waals surface area contributed by atoms with E-state index in [1.165, 1.54) is 0 Å². The first-order chi connectivity index (χ1) is 4.04. The molecular formula is C4H8K2O5. The summed E-state index contributed by atoms with van der Waals surface area (Å²) in [5, 5.41) is 24.1. The maximum absolute atomic E-state index is 9.72. The van der Waals surface area contributed by atoms with Crippen LogP contribution in [0.25, 0.3) is 0 Å². The normalized spacial score (nSPS) is 10.3. The van der Waals surface area contributed by atoms with Crippen molar-refractivity contribution in [2.45, 2.75) is 12.5 Å². The Labute approximate surface area is 151 Å². The Hall–Kier alpha value is 2.17. The molecule has 0 amide bonds. The van der Waals surface area contributed by atoms with Gasteiger partial charge in [-0.25, -0.2) is 4.79 Å². The van der Waals surface area contributed by atoms with E-state index in [2.05, 4.69) is 0 Å². The summed E-state index contributed by atoms with van der Waals surface area (Å²) < 4.78 is 0. The number of carbonyl (C=O) groups is 2. The van der Waals surface area contributed by atoms with E-state index in [4.69, 9.17) is 15.3 Å². The molecule has 1 unspecified atom stereocenters. The Morgan fingerprint density at radius 1 is 1.27 bits per heavy atom. The zero-order valence-electron chi connectivity index (χ0n) is 8.44. The molecule has 0 aliphatic carbocycles. The van der Waals surface area contributed by atoms with Gasteiger partial charge in [-0.3, -0.25) is 4.79 Å². The van der Waals surface area contributed by atoms with Crippen LogP contribution >= 0.6 is 0 Å². The standard InChI is InChI=1S/C4H6O5.2K.2H/c5-2(4(8)9)1-3(6)7;;;;/h2,5H,1H2,(H,6,7)(H,8,9);;;;/q;2*+1;2*-1. The molecule has 7 heteroatoms. The van der Waals surface area contributed by atoms with Gasteiger partial charge in [-0.05, 0) is 0 Å². The number of aliphatic hydroxyl groups excluding tert-OH is 1. The van der Waals surface area contributed by atoms with E-state index < -0.39 is 24.5 Å². The molecule has 0 aliphatic rings. The number of carboxylic acids is 2. The van der Waals surface area contributed by atoms with Crippen molar-refractivity contribution in [3.63, 3.8) is 0 Å². The zero-order chi connectivity index (χ0) is 7.44. The molecule has 0 heterocycles. The van der Waals surface area contributed by atoms with Crippen molar-refractivity contribution >= 4 is 11.9 Å². The van der Waals surface area contributed by atoms with E-state index in [1.54, 1.807) is 0 Å². The van der Waals surface area contributed by atoms with Gasteiger partial charge >= 0.3 is 115 Å². The fourth-order valence-corrected chi connectivity index (χ4v) is 0.253. The third-order valence-corrected chi connectivity index (χ3v) is 0.653. The molecule has 5 nitrogen and oxygen atoms in total. The van der Waals surface area contributed by atoms with Crippen LogP contribution in [0.15, 0.2) is 0 Å². The molecule has 0 spiro atoms. The second-order valence-electron chi connectivity index (χ2n) is 1.45. The minimum Gasteiger partial charge on any atom is -1.00 e. The maximum Gasteiger partial charge on any atom is 1.00 e. The van der Waals surface area contributed by atoms with E-state index in [1.807, 2.05) is 0 Å². The molecule has 0 fully saturated rings. The van der Waals surface area contributed by atoms with Crippen LogP contribution in [0.5, 0.6) is 0 Å². The molecule has 0 aromatic heterocycles. The predicted molar refractivity (Wildman–Crippen MR) is 28.1 cm³/mol. The number of carboxylic acid groups (broad SMARTS) is 2. The quantitative estimate of drug-likeness (QED) is 0.406. The number of rotatable bonds is 3. The number of hydrogen-bond acceptors (Lipinski definition) is 3. The van der Waals surface area contributed by atoms with Gasteiger partial charge in [0.25, 0.3) is 0 Å². The second kappa shape index (κ2) is 10.3. The first-order valence-corrected chi connectivity index (χ1v) is 2.16. The van der Waals surface area contributed by atoms with Gasteiger partial charge in [-0.1, -0.05) is 0 Å². The largest absolute Gasteiger partial charge is 1.00 e. The Kier molecular flexibility index (Phi) is 17.6. The third kappa shape index (κ3) is 12.2. The monoisotopic (exact) mass is 214 g/mol. The van der Waals surface area contributed by atoms with Gasteiger partial charge < -0.3 is 18.2 Å². The van der Waals surface area contributed by atoms with Crippen LogP contribution in [0.3, 0.4) is 0 Å².